The summed E-state index contributed by atoms with van der Waals surface area (Å²) in [4.78, 5) is 19.3. The number of rotatable bonds is 7. The number of hydrogen-bond acceptors (Lipinski definition) is 4. The fourth-order valence-electron chi connectivity index (χ4n) is 1.96. The Balaban J connectivity index is 3.00. The van der Waals surface area contributed by atoms with Gasteiger partial charge in [-0.2, -0.15) is 0 Å². The van der Waals surface area contributed by atoms with Gasteiger partial charge in [-0.05, 0) is 25.8 Å². The van der Waals surface area contributed by atoms with Crippen LogP contribution in [0.15, 0.2) is 29.4 Å². The van der Waals surface area contributed by atoms with Gasteiger partial charge in [0.15, 0.2) is 0 Å². The van der Waals surface area contributed by atoms with E-state index in [4.69, 9.17) is 5.11 Å². The molecule has 2 N–H and O–H groups in total. The smallest absolute Gasteiger partial charge is 0.304 e. The van der Waals surface area contributed by atoms with E-state index >= 15 is 0 Å². The molecule has 0 radical (unpaired) electrons. The molecule has 5 heteroatoms. The van der Waals surface area contributed by atoms with E-state index < -0.39 is 11.4 Å². The highest BCUT2D eigenvalue weighted by Gasteiger charge is 2.34. The molecule has 0 aromatic carbocycles. The molecule has 1 rings (SSSR count). The summed E-state index contributed by atoms with van der Waals surface area (Å²) in [7, 11) is 0. The van der Waals surface area contributed by atoms with Gasteiger partial charge in [0.2, 0.25) is 0 Å². The third kappa shape index (κ3) is 4.13. The summed E-state index contributed by atoms with van der Waals surface area (Å²) in [5.74, 6) is -0.849. The van der Waals surface area contributed by atoms with Gasteiger partial charge in [0.1, 0.15) is 0 Å². The predicted octanol–water partition coefficient (Wildman–Crippen LogP) is 1.84. The molecule has 0 saturated heterocycles. The summed E-state index contributed by atoms with van der Waals surface area (Å²) < 4.78 is 0. The first kappa shape index (κ1) is 15.3. The Labute approximate surface area is 113 Å². The number of nitrogens with one attached hydrogen (secondary N) is 1. The zero-order valence-corrected chi connectivity index (χ0v) is 11.6. The highest BCUT2D eigenvalue weighted by molar-refractivity contribution is 5.68. The molecule has 19 heavy (non-hydrogen) atoms. The Hall–Kier alpha value is -1.75. The average molecular weight is 263 g/mol. The Morgan fingerprint density at radius 3 is 2.74 bits per heavy atom. The van der Waals surface area contributed by atoms with Crippen LogP contribution >= 0.6 is 0 Å². The molecule has 1 heterocycles. The summed E-state index contributed by atoms with van der Waals surface area (Å²) >= 11 is 0. The van der Waals surface area contributed by atoms with Crippen LogP contribution in [0.5, 0.6) is 0 Å². The lowest BCUT2D eigenvalue weighted by Crippen LogP contribution is -2.49. The quantitative estimate of drug-likeness (QED) is 0.736. The summed E-state index contributed by atoms with van der Waals surface area (Å²) in [5, 5.41) is 12.3. The van der Waals surface area contributed by atoms with Crippen LogP contribution in [0.1, 0.15) is 32.9 Å². The van der Waals surface area contributed by atoms with Crippen LogP contribution in [-0.4, -0.2) is 35.0 Å². The highest BCUT2D eigenvalue weighted by Crippen LogP contribution is 2.27. The Kier molecular flexibility index (Phi) is 5.18. The van der Waals surface area contributed by atoms with E-state index in [9.17, 15) is 4.79 Å². The van der Waals surface area contributed by atoms with Gasteiger partial charge in [-0.25, -0.2) is 0 Å². The average Bonchev–Trinajstić information content (AvgIpc) is 2.38. The van der Waals surface area contributed by atoms with E-state index in [1.165, 1.54) is 0 Å². The number of aromatic nitrogens is 1. The molecule has 0 aliphatic rings. The van der Waals surface area contributed by atoms with Gasteiger partial charge in [0, 0.05) is 23.3 Å². The second-order valence-corrected chi connectivity index (χ2v) is 5.11. The summed E-state index contributed by atoms with van der Waals surface area (Å²) in [6, 6.07) is 5.37. The van der Waals surface area contributed by atoms with E-state index in [-0.39, 0.29) is 18.6 Å². The molecule has 1 aromatic heterocycles. The minimum atomic E-state index is -0.849. The van der Waals surface area contributed by atoms with Crippen molar-refractivity contribution in [3.63, 3.8) is 0 Å². The Morgan fingerprint density at radius 2 is 2.26 bits per heavy atom. The maximum absolute atomic E-state index is 11.1. The zero-order chi connectivity index (χ0) is 14.5. The van der Waals surface area contributed by atoms with Crippen molar-refractivity contribution >= 4 is 12.7 Å². The van der Waals surface area contributed by atoms with Gasteiger partial charge < -0.3 is 5.11 Å². The maximum atomic E-state index is 11.1. The number of pyridine rings is 1. The largest absolute Gasteiger partial charge is 0.481 e. The Bertz CT molecular complexity index is 432. The van der Waals surface area contributed by atoms with Crippen LogP contribution in [0.4, 0.5) is 0 Å². The van der Waals surface area contributed by atoms with Gasteiger partial charge in [-0.3, -0.25) is 20.1 Å². The standard InChI is InChI=1S/C14H21N3O2/c1-10(15-4)17-12(9-13(18)19)14(2,3)11-7-5-6-8-16-11/h5-8,10,12,17H,4,9H2,1-3H3,(H,18,19). The fraction of sp³-hybridized carbons (Fsp3) is 0.500. The summed E-state index contributed by atoms with van der Waals surface area (Å²) in [6.07, 6.45) is 1.51. The molecule has 104 valence electrons. The molecule has 2 atom stereocenters. The highest BCUT2D eigenvalue weighted by atomic mass is 16.4. The van der Waals surface area contributed by atoms with Gasteiger partial charge in [0.25, 0.3) is 0 Å². The lowest BCUT2D eigenvalue weighted by atomic mass is 9.79. The molecule has 0 spiro atoms. The normalized spacial score (nSPS) is 14.7. The van der Waals surface area contributed by atoms with Crippen molar-refractivity contribution in [3.8, 4) is 0 Å². The van der Waals surface area contributed by atoms with Crippen LogP contribution in [-0.2, 0) is 10.2 Å². The monoisotopic (exact) mass is 263 g/mol. The third-order valence-corrected chi connectivity index (χ3v) is 3.29. The minimum Gasteiger partial charge on any atom is -0.481 e. The van der Waals surface area contributed by atoms with E-state index in [1.54, 1.807) is 6.20 Å². The molecule has 1 aromatic rings. The number of carboxylic acids is 1. The van der Waals surface area contributed by atoms with Crippen LogP contribution in [0, 0.1) is 0 Å². The lowest BCUT2D eigenvalue weighted by molar-refractivity contribution is -0.138. The van der Waals surface area contributed by atoms with Crippen molar-refractivity contribution in [2.24, 2.45) is 4.99 Å². The van der Waals surface area contributed by atoms with E-state index in [1.807, 2.05) is 39.0 Å². The van der Waals surface area contributed by atoms with Crippen LogP contribution in [0.3, 0.4) is 0 Å². The van der Waals surface area contributed by atoms with Crippen LogP contribution < -0.4 is 5.32 Å². The molecule has 0 aliphatic heterocycles. The SMILES string of the molecule is C=NC(C)NC(CC(=O)O)C(C)(C)c1ccccn1. The second-order valence-electron chi connectivity index (χ2n) is 5.11. The van der Waals surface area contributed by atoms with Crippen LogP contribution in [0.2, 0.25) is 0 Å². The number of hydrogen-bond donors (Lipinski definition) is 2. The molecule has 0 aliphatic carbocycles. The fourth-order valence-corrected chi connectivity index (χ4v) is 1.96. The molecule has 0 saturated carbocycles. The summed E-state index contributed by atoms with van der Waals surface area (Å²) in [6.45, 7) is 9.27. The number of aliphatic imine (C=N–C) groups is 1. The molecule has 2 unspecified atom stereocenters. The van der Waals surface area contributed by atoms with Crippen molar-refractivity contribution in [1.82, 2.24) is 10.3 Å². The van der Waals surface area contributed by atoms with E-state index in [0.717, 1.165) is 5.69 Å². The second kappa shape index (κ2) is 6.43. The maximum Gasteiger partial charge on any atom is 0.304 e. The van der Waals surface area contributed by atoms with Gasteiger partial charge in [-0.1, -0.05) is 19.9 Å². The van der Waals surface area contributed by atoms with Crippen molar-refractivity contribution in [1.29, 1.82) is 0 Å². The zero-order valence-electron chi connectivity index (χ0n) is 11.6. The van der Waals surface area contributed by atoms with Crippen molar-refractivity contribution in [2.75, 3.05) is 0 Å². The van der Waals surface area contributed by atoms with Gasteiger partial charge in [-0.15, -0.1) is 0 Å². The Morgan fingerprint density at radius 1 is 1.58 bits per heavy atom. The van der Waals surface area contributed by atoms with Gasteiger partial charge >= 0.3 is 5.97 Å². The number of carbonyl (C=O) groups is 1. The van der Waals surface area contributed by atoms with Crippen molar-refractivity contribution in [3.05, 3.63) is 30.1 Å². The van der Waals surface area contributed by atoms with E-state index in [2.05, 4.69) is 22.0 Å². The van der Waals surface area contributed by atoms with Crippen LogP contribution in [0.25, 0.3) is 0 Å². The predicted molar refractivity (Wildman–Crippen MR) is 75.5 cm³/mol. The molecular weight excluding hydrogens is 242 g/mol. The van der Waals surface area contributed by atoms with E-state index in [0.29, 0.717) is 0 Å². The summed E-state index contributed by atoms with van der Waals surface area (Å²) in [5.41, 5.74) is 0.434. The first-order chi connectivity index (χ1) is 8.87. The molecule has 0 fully saturated rings. The van der Waals surface area contributed by atoms with Crippen molar-refractivity contribution in [2.45, 2.75) is 44.8 Å². The number of nitrogens with zero attached hydrogens (tertiary/aromatic N) is 2. The van der Waals surface area contributed by atoms with Crippen molar-refractivity contribution < 1.29 is 9.90 Å². The third-order valence-electron chi connectivity index (χ3n) is 3.29. The molecule has 5 nitrogen and oxygen atoms in total. The topological polar surface area (TPSA) is 74.6 Å². The first-order valence-electron chi connectivity index (χ1n) is 6.23. The number of aliphatic carboxylic acids is 1. The van der Waals surface area contributed by atoms with Gasteiger partial charge in [0.05, 0.1) is 12.6 Å². The first-order valence-corrected chi connectivity index (χ1v) is 6.23. The number of carboxylic acid groups (broad SMARTS) is 1. The molecule has 0 bridgehead atoms. The minimum absolute atomic E-state index is 0.00341. The lowest BCUT2D eigenvalue weighted by Gasteiger charge is -2.35. The molecule has 0 amide bonds. The molecular formula is C14H21N3O2.